The molecule has 2 aromatic heterocycles. The number of para-hydroxylation sites is 1. The first-order valence-corrected chi connectivity index (χ1v) is 13.5. The van der Waals surface area contributed by atoms with Gasteiger partial charge in [0.25, 0.3) is 5.91 Å². The summed E-state index contributed by atoms with van der Waals surface area (Å²) in [5, 5.41) is 8.09. The van der Waals surface area contributed by atoms with Crippen molar-refractivity contribution in [3.05, 3.63) is 44.1 Å². The number of halogens is 3. The Morgan fingerprint density at radius 3 is 2.59 bits per heavy atom. The fourth-order valence-corrected chi connectivity index (χ4v) is 6.17. The highest BCUT2D eigenvalue weighted by atomic mass is 35.5. The number of amides is 1. The summed E-state index contributed by atoms with van der Waals surface area (Å²) in [6.45, 7) is 0.635. The number of benzene rings is 1. The van der Waals surface area contributed by atoms with E-state index in [-0.39, 0.29) is 5.91 Å². The highest BCUT2D eigenvalue weighted by Gasteiger charge is 2.25. The second-order valence-electron chi connectivity index (χ2n) is 8.79. The van der Waals surface area contributed by atoms with Gasteiger partial charge in [-0.25, -0.2) is 4.98 Å². The fraction of sp³-hybridized carbons (Fsp3) is 0.458. The van der Waals surface area contributed by atoms with Crippen molar-refractivity contribution in [1.82, 2.24) is 15.3 Å². The van der Waals surface area contributed by atoms with E-state index in [1.165, 1.54) is 11.3 Å². The lowest BCUT2D eigenvalue weighted by Gasteiger charge is -2.29. The molecule has 0 saturated heterocycles. The maximum Gasteiger partial charge on any atom is 0.261 e. The van der Waals surface area contributed by atoms with Crippen LogP contribution in [-0.2, 0) is 6.42 Å². The molecule has 34 heavy (non-hydrogen) atoms. The van der Waals surface area contributed by atoms with E-state index in [1.54, 1.807) is 0 Å². The van der Waals surface area contributed by atoms with E-state index in [0.717, 1.165) is 48.0 Å². The lowest BCUT2D eigenvalue weighted by Crippen LogP contribution is -2.34. The number of carbonyl (C=O) groups is 1. The van der Waals surface area contributed by atoms with Crippen LogP contribution in [0.5, 0.6) is 0 Å². The molecular weight excluding hydrogens is 513 g/mol. The van der Waals surface area contributed by atoms with Crippen LogP contribution in [0, 0.1) is 5.92 Å². The minimum atomic E-state index is -0.125. The number of aromatic nitrogens is 2. The number of anilines is 2. The van der Waals surface area contributed by atoms with E-state index in [2.05, 4.69) is 10.6 Å². The lowest BCUT2D eigenvalue weighted by molar-refractivity contribution is 0.0946. The van der Waals surface area contributed by atoms with E-state index in [9.17, 15) is 4.79 Å². The second-order valence-corrected chi connectivity index (χ2v) is 11.2. The van der Waals surface area contributed by atoms with Crippen LogP contribution in [0.3, 0.4) is 0 Å². The van der Waals surface area contributed by atoms with Crippen LogP contribution in [-0.4, -0.2) is 48.4 Å². The predicted molar refractivity (Wildman–Crippen MR) is 144 cm³/mol. The zero-order valence-corrected chi connectivity index (χ0v) is 22.3. The minimum absolute atomic E-state index is 0.125. The molecule has 1 fully saturated rings. The Hall–Kier alpha value is -1.80. The van der Waals surface area contributed by atoms with E-state index < -0.39 is 0 Å². The van der Waals surface area contributed by atoms with Gasteiger partial charge in [-0.2, -0.15) is 4.98 Å². The fourth-order valence-electron chi connectivity index (χ4n) is 4.39. The monoisotopic (exact) mass is 539 g/mol. The normalized spacial score (nSPS) is 18.1. The molecule has 6 nitrogen and oxygen atoms in total. The number of nitrogens with one attached hydrogen (secondary N) is 2. The molecule has 0 atom stereocenters. The minimum Gasteiger partial charge on any atom is -0.362 e. The molecule has 0 bridgehead atoms. The van der Waals surface area contributed by atoms with Gasteiger partial charge in [0.1, 0.15) is 10.2 Å². The van der Waals surface area contributed by atoms with Gasteiger partial charge in [0, 0.05) is 37.9 Å². The standard InChI is InChI=1S/C24H28Cl3N5OS/c1-32(2)22-16-5-3-4-6-18(16)30-24(31-22)29-15-9-7-14(8-10-15)13-28-23(33)20-17(11-12-25)19(26)21(27)34-20/h3-6,14-15H,7-13H2,1-2H3,(H,28,33)(H,29,30,31). The average molecular weight is 541 g/mol. The largest absolute Gasteiger partial charge is 0.362 e. The summed E-state index contributed by atoms with van der Waals surface area (Å²) < 4.78 is 0.437. The van der Waals surface area contributed by atoms with Gasteiger partial charge in [-0.1, -0.05) is 35.3 Å². The third kappa shape index (κ3) is 5.70. The van der Waals surface area contributed by atoms with Crippen molar-refractivity contribution < 1.29 is 4.79 Å². The van der Waals surface area contributed by atoms with Gasteiger partial charge in [0.2, 0.25) is 5.95 Å². The zero-order chi connectivity index (χ0) is 24.2. The molecular formula is C24H28Cl3N5OS. The van der Waals surface area contributed by atoms with Crippen LogP contribution in [0.15, 0.2) is 24.3 Å². The van der Waals surface area contributed by atoms with Gasteiger partial charge in [-0.15, -0.1) is 22.9 Å². The molecule has 1 aromatic carbocycles. The first-order valence-electron chi connectivity index (χ1n) is 11.4. The van der Waals surface area contributed by atoms with Crippen LogP contribution in [0.1, 0.15) is 40.9 Å². The van der Waals surface area contributed by atoms with Crippen molar-refractivity contribution >= 4 is 74.7 Å². The molecule has 182 valence electrons. The Labute approximate surface area is 219 Å². The summed E-state index contributed by atoms with van der Waals surface area (Å²) in [4.78, 5) is 24.8. The quantitative estimate of drug-likeness (QED) is 0.331. The van der Waals surface area contributed by atoms with Crippen LogP contribution in [0.2, 0.25) is 9.36 Å². The SMILES string of the molecule is CN(C)c1nc(NC2CCC(CNC(=O)c3sc(Cl)c(Cl)c3CCCl)CC2)nc2ccccc12. The van der Waals surface area contributed by atoms with Crippen molar-refractivity contribution in [3.63, 3.8) is 0 Å². The highest BCUT2D eigenvalue weighted by molar-refractivity contribution is 7.19. The van der Waals surface area contributed by atoms with Crippen LogP contribution >= 0.6 is 46.1 Å². The topological polar surface area (TPSA) is 70.2 Å². The molecule has 1 amide bonds. The van der Waals surface area contributed by atoms with Crippen molar-refractivity contribution in [2.24, 2.45) is 5.92 Å². The molecule has 4 rings (SSSR count). The van der Waals surface area contributed by atoms with Crippen LogP contribution in [0.25, 0.3) is 10.9 Å². The maximum atomic E-state index is 12.8. The van der Waals surface area contributed by atoms with Crippen molar-refractivity contribution in [1.29, 1.82) is 0 Å². The summed E-state index contributed by atoms with van der Waals surface area (Å²) in [5.41, 5.74) is 1.67. The Balaban J connectivity index is 1.32. The van der Waals surface area contributed by atoms with Gasteiger partial charge >= 0.3 is 0 Å². The molecule has 1 saturated carbocycles. The Morgan fingerprint density at radius 1 is 1.15 bits per heavy atom. The van der Waals surface area contributed by atoms with E-state index in [1.807, 2.05) is 43.3 Å². The van der Waals surface area contributed by atoms with E-state index >= 15 is 0 Å². The van der Waals surface area contributed by atoms with Gasteiger partial charge in [0.15, 0.2) is 0 Å². The van der Waals surface area contributed by atoms with E-state index in [0.29, 0.717) is 51.0 Å². The molecule has 1 aliphatic carbocycles. The van der Waals surface area contributed by atoms with Crippen LogP contribution in [0.4, 0.5) is 11.8 Å². The number of alkyl halides is 1. The summed E-state index contributed by atoms with van der Waals surface area (Å²) in [6.07, 6.45) is 4.57. The van der Waals surface area contributed by atoms with Crippen molar-refractivity contribution in [2.75, 3.05) is 36.7 Å². The number of thiophene rings is 1. The number of hydrogen-bond acceptors (Lipinski definition) is 6. The third-order valence-corrected chi connectivity index (χ3v) is 8.45. The van der Waals surface area contributed by atoms with Crippen molar-refractivity contribution in [2.45, 2.75) is 38.1 Å². The van der Waals surface area contributed by atoms with Gasteiger partial charge in [0.05, 0.1) is 15.4 Å². The number of nitrogens with zero attached hydrogens (tertiary/aromatic N) is 3. The Kier molecular flexibility index (Phi) is 8.40. The lowest BCUT2D eigenvalue weighted by atomic mass is 9.86. The zero-order valence-electron chi connectivity index (χ0n) is 19.2. The summed E-state index contributed by atoms with van der Waals surface area (Å²) in [7, 11) is 3.99. The average Bonchev–Trinajstić information content (AvgIpc) is 3.11. The molecule has 2 heterocycles. The second kappa shape index (κ2) is 11.3. The Morgan fingerprint density at radius 2 is 1.88 bits per heavy atom. The molecule has 0 unspecified atom stereocenters. The molecule has 0 aliphatic heterocycles. The number of hydrogen-bond donors (Lipinski definition) is 2. The molecule has 3 aromatic rings. The highest BCUT2D eigenvalue weighted by Crippen LogP contribution is 2.37. The number of carbonyl (C=O) groups excluding carboxylic acids is 1. The summed E-state index contributed by atoms with van der Waals surface area (Å²) in [5.74, 6) is 2.27. The van der Waals surface area contributed by atoms with Gasteiger partial charge in [-0.05, 0) is 55.7 Å². The number of rotatable bonds is 8. The van der Waals surface area contributed by atoms with E-state index in [4.69, 9.17) is 44.8 Å². The molecule has 2 N–H and O–H groups in total. The van der Waals surface area contributed by atoms with Gasteiger partial charge < -0.3 is 15.5 Å². The molecule has 0 radical (unpaired) electrons. The third-order valence-electron chi connectivity index (χ3n) is 6.19. The van der Waals surface area contributed by atoms with Crippen LogP contribution < -0.4 is 15.5 Å². The smallest absolute Gasteiger partial charge is 0.261 e. The maximum absolute atomic E-state index is 12.8. The molecule has 0 spiro atoms. The van der Waals surface area contributed by atoms with Gasteiger partial charge in [-0.3, -0.25) is 4.79 Å². The van der Waals surface area contributed by atoms with Crippen molar-refractivity contribution in [3.8, 4) is 0 Å². The first-order chi connectivity index (χ1) is 16.4. The summed E-state index contributed by atoms with van der Waals surface area (Å²) >= 11 is 19.5. The Bertz CT molecular complexity index is 1160. The predicted octanol–water partition coefficient (Wildman–Crippen LogP) is 6.25. The number of fused-ring (bicyclic) bond motifs is 1. The molecule has 10 heteroatoms. The first kappa shape index (κ1) is 25.3. The summed E-state index contributed by atoms with van der Waals surface area (Å²) in [6, 6.07) is 8.38. The molecule has 1 aliphatic rings.